The second kappa shape index (κ2) is 7.74. The molecule has 25 heavy (non-hydrogen) atoms. The molecular formula is C20H21BrN2O2. The lowest BCUT2D eigenvalue weighted by Gasteiger charge is -2.08. The first-order chi connectivity index (χ1) is 12.1. The number of hydrogen-bond donors (Lipinski definition) is 1. The van der Waals surface area contributed by atoms with Gasteiger partial charge >= 0.3 is 0 Å². The zero-order valence-electron chi connectivity index (χ0n) is 14.4. The third kappa shape index (κ3) is 4.04. The lowest BCUT2D eigenvalue weighted by Crippen LogP contribution is -2.22. The molecule has 0 bridgehead atoms. The Morgan fingerprint density at radius 2 is 2.00 bits per heavy atom. The van der Waals surface area contributed by atoms with Crippen molar-refractivity contribution < 1.29 is 9.53 Å². The molecule has 5 heteroatoms. The molecule has 0 radical (unpaired) electrons. The van der Waals surface area contributed by atoms with Crippen molar-refractivity contribution in [1.29, 1.82) is 0 Å². The monoisotopic (exact) mass is 400 g/mol. The summed E-state index contributed by atoms with van der Waals surface area (Å²) in [6.45, 7) is 2.95. The molecule has 0 atom stereocenters. The molecule has 0 saturated heterocycles. The van der Waals surface area contributed by atoms with Crippen molar-refractivity contribution in [1.82, 2.24) is 9.88 Å². The van der Waals surface area contributed by atoms with Gasteiger partial charge in [0.1, 0.15) is 5.75 Å². The number of carbonyl (C=O) groups excluding carboxylic acids is 1. The van der Waals surface area contributed by atoms with E-state index in [-0.39, 0.29) is 5.91 Å². The molecule has 2 aromatic carbocycles. The van der Waals surface area contributed by atoms with Crippen molar-refractivity contribution in [2.24, 2.45) is 0 Å². The van der Waals surface area contributed by atoms with Gasteiger partial charge in [-0.05, 0) is 41.8 Å². The first-order valence-electron chi connectivity index (χ1n) is 8.22. The maximum atomic E-state index is 11.1. The molecule has 3 aromatic rings. The lowest BCUT2D eigenvalue weighted by molar-refractivity contribution is -0.118. The van der Waals surface area contributed by atoms with Crippen LogP contribution in [0.3, 0.4) is 0 Å². The van der Waals surface area contributed by atoms with E-state index in [0.717, 1.165) is 34.1 Å². The molecule has 0 aliphatic carbocycles. The first kappa shape index (κ1) is 17.5. The average molecular weight is 401 g/mol. The Morgan fingerprint density at radius 1 is 1.20 bits per heavy atom. The average Bonchev–Trinajstić information content (AvgIpc) is 2.93. The van der Waals surface area contributed by atoms with Gasteiger partial charge in [0.15, 0.2) is 0 Å². The fourth-order valence-electron chi connectivity index (χ4n) is 2.99. The molecule has 3 rings (SSSR count). The van der Waals surface area contributed by atoms with Crippen molar-refractivity contribution in [3.63, 3.8) is 0 Å². The molecule has 1 N–H and O–H groups in total. The fraction of sp³-hybridized carbons (Fsp3) is 0.250. The zero-order chi connectivity index (χ0) is 17.8. The molecule has 1 amide bonds. The number of fused-ring (bicyclic) bond motifs is 1. The SMILES string of the molecule is COc1ccc2c(c1)c(CCNC(C)=O)cn2Cc1ccccc1Br. The number of amides is 1. The Hall–Kier alpha value is -2.27. The molecule has 0 aliphatic heterocycles. The van der Waals surface area contributed by atoms with Gasteiger partial charge in [-0.15, -0.1) is 0 Å². The second-order valence-electron chi connectivity index (χ2n) is 5.99. The van der Waals surface area contributed by atoms with E-state index in [9.17, 15) is 4.79 Å². The maximum absolute atomic E-state index is 11.1. The van der Waals surface area contributed by atoms with Gasteiger partial charge in [-0.3, -0.25) is 4.79 Å². The molecule has 1 heterocycles. The number of nitrogens with one attached hydrogen (secondary N) is 1. The van der Waals surface area contributed by atoms with Crippen molar-refractivity contribution in [2.45, 2.75) is 19.9 Å². The Bertz CT molecular complexity index is 902. The summed E-state index contributed by atoms with van der Waals surface area (Å²) in [5, 5.41) is 4.03. The number of carbonyl (C=O) groups is 1. The van der Waals surface area contributed by atoms with Crippen LogP contribution in [0, 0.1) is 0 Å². The van der Waals surface area contributed by atoms with Gasteiger partial charge in [0.05, 0.1) is 7.11 Å². The molecular weight excluding hydrogens is 380 g/mol. The molecule has 0 fully saturated rings. The molecule has 0 aliphatic rings. The van der Waals surface area contributed by atoms with Crippen molar-refractivity contribution in [3.05, 3.63) is 64.3 Å². The highest BCUT2D eigenvalue weighted by molar-refractivity contribution is 9.10. The van der Waals surface area contributed by atoms with E-state index in [4.69, 9.17) is 4.74 Å². The van der Waals surface area contributed by atoms with Crippen LogP contribution in [0.1, 0.15) is 18.1 Å². The van der Waals surface area contributed by atoms with Crippen LogP contribution in [0.2, 0.25) is 0 Å². The predicted molar refractivity (Wildman–Crippen MR) is 104 cm³/mol. The number of benzene rings is 2. The van der Waals surface area contributed by atoms with Crippen molar-refractivity contribution >= 4 is 32.7 Å². The minimum atomic E-state index is -0.00506. The summed E-state index contributed by atoms with van der Waals surface area (Å²) in [5.41, 5.74) is 3.59. The van der Waals surface area contributed by atoms with E-state index < -0.39 is 0 Å². The summed E-state index contributed by atoms with van der Waals surface area (Å²) in [7, 11) is 1.68. The molecule has 0 spiro atoms. The van der Waals surface area contributed by atoms with E-state index in [1.165, 1.54) is 11.1 Å². The van der Waals surface area contributed by atoms with Crippen LogP contribution >= 0.6 is 15.9 Å². The first-order valence-corrected chi connectivity index (χ1v) is 9.01. The van der Waals surface area contributed by atoms with Crippen molar-refractivity contribution in [2.75, 3.05) is 13.7 Å². The van der Waals surface area contributed by atoms with Gasteiger partial charge in [-0.25, -0.2) is 0 Å². The Balaban J connectivity index is 1.97. The van der Waals surface area contributed by atoms with Crippen LogP contribution < -0.4 is 10.1 Å². The topological polar surface area (TPSA) is 43.3 Å². The molecule has 0 saturated carbocycles. The van der Waals surface area contributed by atoms with E-state index in [1.807, 2.05) is 18.2 Å². The normalized spacial score (nSPS) is 10.8. The molecule has 4 nitrogen and oxygen atoms in total. The van der Waals surface area contributed by atoms with Crippen LogP contribution in [0.4, 0.5) is 0 Å². The quantitative estimate of drug-likeness (QED) is 0.675. The summed E-state index contributed by atoms with van der Waals surface area (Å²) in [6, 6.07) is 14.4. The standard InChI is InChI=1S/C20H21BrN2O2/c1-14(24)22-10-9-15-12-23(13-16-5-3-4-6-19(16)21)20-8-7-17(25-2)11-18(15)20/h3-8,11-12H,9-10,13H2,1-2H3,(H,22,24). The van der Waals surface area contributed by atoms with Gasteiger partial charge in [-0.1, -0.05) is 34.1 Å². The summed E-state index contributed by atoms with van der Waals surface area (Å²) in [4.78, 5) is 11.1. The third-order valence-corrected chi connectivity index (χ3v) is 5.01. The maximum Gasteiger partial charge on any atom is 0.216 e. The van der Waals surface area contributed by atoms with E-state index in [2.05, 4.69) is 56.3 Å². The van der Waals surface area contributed by atoms with E-state index in [1.54, 1.807) is 14.0 Å². The number of rotatable bonds is 6. The predicted octanol–water partition coefficient (Wildman–Crippen LogP) is 4.14. The van der Waals surface area contributed by atoms with Crippen LogP contribution in [-0.4, -0.2) is 24.1 Å². The summed E-state index contributed by atoms with van der Waals surface area (Å²) in [5.74, 6) is 0.835. The number of halogens is 1. The largest absolute Gasteiger partial charge is 0.497 e. The Morgan fingerprint density at radius 3 is 2.72 bits per heavy atom. The highest BCUT2D eigenvalue weighted by Gasteiger charge is 2.11. The van der Waals surface area contributed by atoms with Gasteiger partial charge < -0.3 is 14.6 Å². The smallest absolute Gasteiger partial charge is 0.216 e. The summed E-state index contributed by atoms with van der Waals surface area (Å²) in [6.07, 6.45) is 2.96. The van der Waals surface area contributed by atoms with Gasteiger partial charge in [0, 0.05) is 41.6 Å². The second-order valence-corrected chi connectivity index (χ2v) is 6.84. The fourth-order valence-corrected chi connectivity index (χ4v) is 3.40. The van der Waals surface area contributed by atoms with E-state index >= 15 is 0 Å². The highest BCUT2D eigenvalue weighted by atomic mass is 79.9. The number of nitrogens with zero attached hydrogens (tertiary/aromatic N) is 1. The summed E-state index contributed by atoms with van der Waals surface area (Å²) < 4.78 is 8.73. The third-order valence-electron chi connectivity index (χ3n) is 4.24. The highest BCUT2D eigenvalue weighted by Crippen LogP contribution is 2.28. The van der Waals surface area contributed by atoms with E-state index in [0.29, 0.717) is 6.54 Å². The Kier molecular flexibility index (Phi) is 5.43. The minimum Gasteiger partial charge on any atom is -0.497 e. The number of ether oxygens (including phenoxy) is 1. The minimum absolute atomic E-state index is 0.00506. The van der Waals surface area contributed by atoms with Gasteiger partial charge in [0.2, 0.25) is 5.91 Å². The number of methoxy groups -OCH3 is 1. The zero-order valence-corrected chi connectivity index (χ0v) is 16.0. The Labute approximate surface area is 155 Å². The van der Waals surface area contributed by atoms with Crippen molar-refractivity contribution in [3.8, 4) is 5.75 Å². The summed E-state index contributed by atoms with van der Waals surface area (Å²) >= 11 is 3.62. The van der Waals surface area contributed by atoms with Gasteiger partial charge in [0.25, 0.3) is 0 Å². The number of hydrogen-bond acceptors (Lipinski definition) is 2. The van der Waals surface area contributed by atoms with Gasteiger partial charge in [-0.2, -0.15) is 0 Å². The number of aromatic nitrogens is 1. The van der Waals surface area contributed by atoms with Crippen LogP contribution in [0.15, 0.2) is 53.1 Å². The molecule has 130 valence electrons. The van der Waals surface area contributed by atoms with Crippen LogP contribution in [0.5, 0.6) is 5.75 Å². The molecule has 0 unspecified atom stereocenters. The van der Waals surface area contributed by atoms with Crippen LogP contribution in [-0.2, 0) is 17.8 Å². The lowest BCUT2D eigenvalue weighted by atomic mass is 10.1. The van der Waals surface area contributed by atoms with Crippen LogP contribution in [0.25, 0.3) is 10.9 Å². The molecule has 1 aromatic heterocycles.